The fourth-order valence-electron chi connectivity index (χ4n) is 1.92. The maximum atomic E-state index is 11.5. The van der Waals surface area contributed by atoms with Crippen LogP contribution in [0.5, 0.6) is 0 Å². The lowest BCUT2D eigenvalue weighted by Crippen LogP contribution is -2.34. The van der Waals surface area contributed by atoms with Gasteiger partial charge in [0.1, 0.15) is 6.04 Å². The molecule has 0 radical (unpaired) electrons. The van der Waals surface area contributed by atoms with Crippen LogP contribution in [0, 0.1) is 0 Å². The summed E-state index contributed by atoms with van der Waals surface area (Å²) in [4.78, 5) is 15.6. The van der Waals surface area contributed by atoms with Crippen LogP contribution in [0.1, 0.15) is 12.5 Å². The lowest BCUT2D eigenvalue weighted by molar-refractivity contribution is -0.144. The topological polar surface area (TPSA) is 65.2 Å². The van der Waals surface area contributed by atoms with Crippen LogP contribution in [0.25, 0.3) is 10.8 Å². The summed E-state index contributed by atoms with van der Waals surface area (Å²) < 4.78 is 4.91. The predicted octanol–water partition coefficient (Wildman–Crippen LogP) is 1.67. The van der Waals surface area contributed by atoms with Crippen LogP contribution in [0.2, 0.25) is 0 Å². The third kappa shape index (κ3) is 2.65. The highest BCUT2D eigenvalue weighted by Crippen LogP contribution is 2.18. The van der Waals surface area contributed by atoms with E-state index in [1.807, 2.05) is 24.3 Å². The number of rotatable bonds is 4. The van der Waals surface area contributed by atoms with Crippen molar-refractivity contribution in [2.75, 3.05) is 6.61 Å². The Hall–Kier alpha value is -1.94. The van der Waals surface area contributed by atoms with Crippen LogP contribution in [0.15, 0.2) is 36.7 Å². The maximum absolute atomic E-state index is 11.5. The summed E-state index contributed by atoms with van der Waals surface area (Å²) >= 11 is 0. The van der Waals surface area contributed by atoms with Gasteiger partial charge in [-0.3, -0.25) is 9.78 Å². The van der Waals surface area contributed by atoms with Crippen LogP contribution >= 0.6 is 0 Å². The quantitative estimate of drug-likeness (QED) is 0.831. The van der Waals surface area contributed by atoms with E-state index >= 15 is 0 Å². The normalized spacial score (nSPS) is 12.3. The molecular weight excluding hydrogens is 228 g/mol. The van der Waals surface area contributed by atoms with E-state index in [1.54, 1.807) is 19.3 Å². The fourth-order valence-corrected chi connectivity index (χ4v) is 1.92. The Morgan fingerprint density at radius 2 is 2.28 bits per heavy atom. The van der Waals surface area contributed by atoms with Crippen LogP contribution in [-0.2, 0) is 16.0 Å². The first kappa shape index (κ1) is 12.5. The molecule has 1 aromatic carbocycles. The summed E-state index contributed by atoms with van der Waals surface area (Å²) in [6.07, 6.45) is 4.00. The van der Waals surface area contributed by atoms with Crippen molar-refractivity contribution >= 4 is 16.7 Å². The highest BCUT2D eigenvalue weighted by molar-refractivity contribution is 5.85. The van der Waals surface area contributed by atoms with E-state index in [9.17, 15) is 4.79 Å². The van der Waals surface area contributed by atoms with Crippen LogP contribution in [-0.4, -0.2) is 23.6 Å². The number of aromatic nitrogens is 1. The molecule has 1 heterocycles. The summed E-state index contributed by atoms with van der Waals surface area (Å²) in [7, 11) is 0. The number of pyridine rings is 1. The minimum absolute atomic E-state index is 0.351. The molecule has 0 aliphatic carbocycles. The van der Waals surface area contributed by atoms with E-state index in [0.717, 1.165) is 16.3 Å². The van der Waals surface area contributed by atoms with Crippen LogP contribution in [0.4, 0.5) is 0 Å². The maximum Gasteiger partial charge on any atom is 0.323 e. The van der Waals surface area contributed by atoms with Gasteiger partial charge < -0.3 is 10.5 Å². The summed E-state index contributed by atoms with van der Waals surface area (Å²) in [5, 5.41) is 2.12. The minimum Gasteiger partial charge on any atom is -0.465 e. The molecule has 2 rings (SSSR count). The zero-order valence-electron chi connectivity index (χ0n) is 10.3. The predicted molar refractivity (Wildman–Crippen MR) is 70.1 cm³/mol. The van der Waals surface area contributed by atoms with Crippen molar-refractivity contribution < 1.29 is 9.53 Å². The molecule has 0 amide bonds. The van der Waals surface area contributed by atoms with E-state index < -0.39 is 6.04 Å². The summed E-state index contributed by atoms with van der Waals surface area (Å²) in [6.45, 7) is 2.12. The minimum atomic E-state index is -0.629. The molecule has 1 aromatic heterocycles. The lowest BCUT2D eigenvalue weighted by Gasteiger charge is -2.12. The van der Waals surface area contributed by atoms with E-state index in [-0.39, 0.29) is 5.97 Å². The third-order valence-electron chi connectivity index (χ3n) is 2.80. The molecular formula is C14H16N2O2. The molecule has 0 fully saturated rings. The largest absolute Gasteiger partial charge is 0.465 e. The molecule has 2 N–H and O–H groups in total. The monoisotopic (exact) mass is 244 g/mol. The number of nitrogens with two attached hydrogens (primary N) is 1. The van der Waals surface area contributed by atoms with Crippen LogP contribution in [0.3, 0.4) is 0 Å². The fraction of sp³-hybridized carbons (Fsp3) is 0.286. The van der Waals surface area contributed by atoms with Crippen molar-refractivity contribution in [3.63, 3.8) is 0 Å². The second-order valence-corrected chi connectivity index (χ2v) is 4.08. The van der Waals surface area contributed by atoms with Gasteiger partial charge in [0, 0.05) is 17.8 Å². The number of ether oxygens (including phenoxy) is 1. The SMILES string of the molecule is CCOC(=O)C(N)Cc1cccc2ccncc12. The standard InChI is InChI=1S/C14H16N2O2/c1-2-18-14(17)13(15)8-11-5-3-4-10-6-7-16-9-12(10)11/h3-7,9,13H,2,8,15H2,1H3. The lowest BCUT2D eigenvalue weighted by atomic mass is 10.0. The third-order valence-corrected chi connectivity index (χ3v) is 2.80. The van der Waals surface area contributed by atoms with Gasteiger partial charge in [0.05, 0.1) is 6.61 Å². The second-order valence-electron chi connectivity index (χ2n) is 4.08. The first-order valence-corrected chi connectivity index (χ1v) is 5.96. The summed E-state index contributed by atoms with van der Waals surface area (Å²) in [5.74, 6) is -0.363. The van der Waals surface area contributed by atoms with Crippen molar-refractivity contribution in [3.8, 4) is 0 Å². The molecule has 0 spiro atoms. The Bertz CT molecular complexity index is 549. The van der Waals surface area contributed by atoms with Crippen molar-refractivity contribution in [3.05, 3.63) is 42.2 Å². The van der Waals surface area contributed by atoms with Crippen LogP contribution < -0.4 is 5.73 Å². The number of benzene rings is 1. The Kier molecular flexibility index (Phi) is 3.89. The van der Waals surface area contributed by atoms with Gasteiger partial charge in [-0.15, -0.1) is 0 Å². The number of carbonyl (C=O) groups is 1. The van der Waals surface area contributed by atoms with Gasteiger partial charge in [-0.1, -0.05) is 18.2 Å². The molecule has 0 saturated carbocycles. The molecule has 0 bridgehead atoms. The van der Waals surface area contributed by atoms with Crippen molar-refractivity contribution in [2.24, 2.45) is 5.73 Å². The van der Waals surface area contributed by atoms with Crippen molar-refractivity contribution in [1.82, 2.24) is 4.98 Å². The molecule has 18 heavy (non-hydrogen) atoms. The molecule has 2 aromatic rings. The molecule has 0 saturated heterocycles. The Morgan fingerprint density at radius 3 is 3.06 bits per heavy atom. The Morgan fingerprint density at radius 1 is 1.44 bits per heavy atom. The zero-order valence-corrected chi connectivity index (χ0v) is 10.3. The van der Waals surface area contributed by atoms with Gasteiger partial charge in [-0.2, -0.15) is 0 Å². The van der Waals surface area contributed by atoms with E-state index in [4.69, 9.17) is 10.5 Å². The molecule has 0 aliphatic rings. The molecule has 94 valence electrons. The first-order chi connectivity index (χ1) is 8.72. The van der Waals surface area contributed by atoms with Gasteiger partial charge in [0.15, 0.2) is 0 Å². The number of carbonyl (C=O) groups excluding carboxylic acids is 1. The number of esters is 1. The molecule has 1 unspecified atom stereocenters. The second kappa shape index (κ2) is 5.60. The van der Waals surface area contributed by atoms with Crippen molar-refractivity contribution in [2.45, 2.75) is 19.4 Å². The highest BCUT2D eigenvalue weighted by Gasteiger charge is 2.16. The number of nitrogens with zero attached hydrogens (tertiary/aromatic N) is 1. The summed E-state index contributed by atoms with van der Waals surface area (Å²) in [6, 6.07) is 7.24. The molecule has 4 heteroatoms. The molecule has 0 aliphatic heterocycles. The highest BCUT2D eigenvalue weighted by atomic mass is 16.5. The van der Waals surface area contributed by atoms with Gasteiger partial charge in [-0.05, 0) is 30.4 Å². The van der Waals surface area contributed by atoms with Gasteiger partial charge in [0.25, 0.3) is 0 Å². The summed E-state index contributed by atoms with van der Waals surface area (Å²) in [5.41, 5.74) is 6.85. The first-order valence-electron chi connectivity index (χ1n) is 5.96. The van der Waals surface area contributed by atoms with Crippen molar-refractivity contribution in [1.29, 1.82) is 0 Å². The Balaban J connectivity index is 2.24. The molecule has 4 nitrogen and oxygen atoms in total. The number of fused-ring (bicyclic) bond motifs is 1. The van der Waals surface area contributed by atoms with E-state index in [1.165, 1.54) is 0 Å². The zero-order chi connectivity index (χ0) is 13.0. The molecule has 1 atom stereocenters. The van der Waals surface area contributed by atoms with E-state index in [2.05, 4.69) is 4.98 Å². The number of hydrogen-bond acceptors (Lipinski definition) is 4. The van der Waals surface area contributed by atoms with Gasteiger partial charge in [-0.25, -0.2) is 0 Å². The average Bonchev–Trinajstić information content (AvgIpc) is 2.39. The Labute approximate surface area is 106 Å². The van der Waals surface area contributed by atoms with Gasteiger partial charge in [0.2, 0.25) is 0 Å². The smallest absolute Gasteiger partial charge is 0.323 e. The number of hydrogen-bond donors (Lipinski definition) is 1. The average molecular weight is 244 g/mol. The van der Waals surface area contributed by atoms with Gasteiger partial charge >= 0.3 is 5.97 Å². The van der Waals surface area contributed by atoms with E-state index in [0.29, 0.717) is 13.0 Å².